The SMILES string of the molecule is CC(C)COc1ccc2c(c1)c(C#N)cn2-c1ccc(C(N)=O)c(O)c1. The smallest absolute Gasteiger partial charge is 0.252 e. The van der Waals surface area contributed by atoms with Gasteiger partial charge in [-0.25, -0.2) is 0 Å². The number of phenols is 1. The number of primary amides is 1. The summed E-state index contributed by atoms with van der Waals surface area (Å²) in [5.41, 5.74) is 7.18. The van der Waals surface area contributed by atoms with Crippen LogP contribution in [0.15, 0.2) is 42.6 Å². The van der Waals surface area contributed by atoms with Crippen LogP contribution in [0, 0.1) is 17.2 Å². The molecule has 1 amide bonds. The number of benzene rings is 2. The van der Waals surface area contributed by atoms with Gasteiger partial charge in [-0.05, 0) is 36.2 Å². The van der Waals surface area contributed by atoms with Crippen molar-refractivity contribution in [3.05, 3.63) is 53.7 Å². The molecule has 0 aliphatic heterocycles. The average molecular weight is 349 g/mol. The summed E-state index contributed by atoms with van der Waals surface area (Å²) >= 11 is 0. The van der Waals surface area contributed by atoms with E-state index in [1.807, 2.05) is 18.2 Å². The lowest BCUT2D eigenvalue weighted by molar-refractivity contribution is 0.0998. The minimum Gasteiger partial charge on any atom is -0.507 e. The third kappa shape index (κ3) is 3.20. The molecule has 1 aromatic heterocycles. The number of aromatic hydroxyl groups is 1. The molecule has 0 saturated carbocycles. The Bertz CT molecular complexity index is 1030. The van der Waals surface area contributed by atoms with Crippen LogP contribution in [-0.2, 0) is 0 Å². The zero-order valence-electron chi connectivity index (χ0n) is 14.6. The Hall–Kier alpha value is -3.46. The molecule has 0 aliphatic carbocycles. The quantitative estimate of drug-likeness (QED) is 0.737. The standard InChI is InChI=1S/C20H19N3O3/c1-12(2)11-26-15-4-6-18-17(8-15)13(9-21)10-23(18)14-3-5-16(20(22)25)19(24)7-14/h3-8,10,12,24H,11H2,1-2H3,(H2,22,25). The first-order valence-electron chi connectivity index (χ1n) is 8.22. The van der Waals surface area contributed by atoms with Crippen molar-refractivity contribution in [2.24, 2.45) is 11.7 Å². The number of fused-ring (bicyclic) bond motifs is 1. The Morgan fingerprint density at radius 1 is 1.31 bits per heavy atom. The van der Waals surface area contributed by atoms with Crippen LogP contribution in [0.4, 0.5) is 0 Å². The lowest BCUT2D eigenvalue weighted by Crippen LogP contribution is -2.11. The molecule has 0 spiro atoms. The van der Waals surface area contributed by atoms with Gasteiger partial charge in [-0.3, -0.25) is 4.79 Å². The summed E-state index contributed by atoms with van der Waals surface area (Å²) < 4.78 is 7.52. The number of nitriles is 1. The minimum atomic E-state index is -0.698. The van der Waals surface area contributed by atoms with E-state index >= 15 is 0 Å². The summed E-state index contributed by atoms with van der Waals surface area (Å²) in [4.78, 5) is 11.3. The van der Waals surface area contributed by atoms with Crippen LogP contribution in [-0.4, -0.2) is 22.2 Å². The van der Waals surface area contributed by atoms with Gasteiger partial charge >= 0.3 is 0 Å². The number of carbonyl (C=O) groups excluding carboxylic acids is 1. The van der Waals surface area contributed by atoms with Crippen LogP contribution >= 0.6 is 0 Å². The normalized spacial score (nSPS) is 10.8. The molecule has 0 fully saturated rings. The number of aromatic nitrogens is 1. The summed E-state index contributed by atoms with van der Waals surface area (Å²) in [6.45, 7) is 4.73. The summed E-state index contributed by atoms with van der Waals surface area (Å²) in [5, 5.41) is 20.2. The Morgan fingerprint density at radius 3 is 2.69 bits per heavy atom. The maximum Gasteiger partial charge on any atom is 0.252 e. The van der Waals surface area contributed by atoms with Crippen molar-refractivity contribution in [3.8, 4) is 23.3 Å². The summed E-state index contributed by atoms with van der Waals surface area (Å²) in [5.74, 6) is 0.202. The molecule has 0 aliphatic rings. The third-order valence-electron chi connectivity index (χ3n) is 4.00. The zero-order chi connectivity index (χ0) is 18.8. The molecule has 3 N–H and O–H groups in total. The highest BCUT2D eigenvalue weighted by molar-refractivity contribution is 5.96. The molecule has 6 heteroatoms. The van der Waals surface area contributed by atoms with E-state index in [9.17, 15) is 15.2 Å². The van der Waals surface area contributed by atoms with Crippen LogP contribution in [0.25, 0.3) is 16.6 Å². The second-order valence-corrected chi connectivity index (χ2v) is 6.47. The summed E-state index contributed by atoms with van der Waals surface area (Å²) in [7, 11) is 0. The molecule has 0 atom stereocenters. The first kappa shape index (κ1) is 17.4. The van der Waals surface area contributed by atoms with Crippen molar-refractivity contribution in [2.75, 3.05) is 6.61 Å². The highest BCUT2D eigenvalue weighted by Gasteiger charge is 2.14. The van der Waals surface area contributed by atoms with E-state index in [1.165, 1.54) is 12.1 Å². The van der Waals surface area contributed by atoms with Crippen molar-refractivity contribution in [3.63, 3.8) is 0 Å². The van der Waals surface area contributed by atoms with Gasteiger partial charge in [-0.2, -0.15) is 5.26 Å². The first-order valence-corrected chi connectivity index (χ1v) is 8.22. The summed E-state index contributed by atoms with van der Waals surface area (Å²) in [6.07, 6.45) is 1.69. The maximum atomic E-state index is 11.3. The second-order valence-electron chi connectivity index (χ2n) is 6.47. The lowest BCUT2D eigenvalue weighted by atomic mass is 10.1. The first-order chi connectivity index (χ1) is 12.4. The number of hydrogen-bond donors (Lipinski definition) is 2. The zero-order valence-corrected chi connectivity index (χ0v) is 14.6. The number of nitrogens with zero attached hydrogens (tertiary/aromatic N) is 2. The molecule has 6 nitrogen and oxygen atoms in total. The van der Waals surface area contributed by atoms with Gasteiger partial charge in [0, 0.05) is 23.3 Å². The number of rotatable bonds is 5. The van der Waals surface area contributed by atoms with E-state index in [0.717, 1.165) is 10.9 Å². The van der Waals surface area contributed by atoms with Crippen LogP contribution < -0.4 is 10.5 Å². The van der Waals surface area contributed by atoms with Crippen molar-refractivity contribution < 1.29 is 14.6 Å². The molecule has 3 aromatic rings. The topological polar surface area (TPSA) is 101 Å². The van der Waals surface area contributed by atoms with Crippen molar-refractivity contribution in [1.82, 2.24) is 4.57 Å². The number of nitrogens with two attached hydrogens (primary N) is 1. The van der Waals surface area contributed by atoms with Gasteiger partial charge in [0.05, 0.1) is 23.3 Å². The number of amides is 1. The van der Waals surface area contributed by atoms with Gasteiger partial charge in [0.15, 0.2) is 0 Å². The van der Waals surface area contributed by atoms with E-state index in [2.05, 4.69) is 19.9 Å². The van der Waals surface area contributed by atoms with E-state index in [-0.39, 0.29) is 11.3 Å². The second kappa shape index (κ2) is 6.81. The molecule has 0 unspecified atom stereocenters. The van der Waals surface area contributed by atoms with E-state index in [1.54, 1.807) is 16.8 Å². The number of carbonyl (C=O) groups is 1. The van der Waals surface area contributed by atoms with Gasteiger partial charge < -0.3 is 20.1 Å². The Morgan fingerprint density at radius 2 is 2.08 bits per heavy atom. The van der Waals surface area contributed by atoms with E-state index < -0.39 is 5.91 Å². The lowest BCUT2D eigenvalue weighted by Gasteiger charge is -2.10. The Labute approximate surface area is 151 Å². The largest absolute Gasteiger partial charge is 0.507 e. The average Bonchev–Trinajstić information content (AvgIpc) is 2.97. The van der Waals surface area contributed by atoms with Gasteiger partial charge in [-0.1, -0.05) is 13.8 Å². The molecule has 132 valence electrons. The van der Waals surface area contributed by atoms with Gasteiger partial charge in [0.2, 0.25) is 0 Å². The Balaban J connectivity index is 2.09. The monoisotopic (exact) mass is 349 g/mol. The number of hydrogen-bond acceptors (Lipinski definition) is 4. The molecule has 1 heterocycles. The fraction of sp³-hybridized carbons (Fsp3) is 0.200. The Kier molecular flexibility index (Phi) is 4.55. The molecule has 2 aromatic carbocycles. The van der Waals surface area contributed by atoms with Crippen LogP contribution in [0.2, 0.25) is 0 Å². The van der Waals surface area contributed by atoms with Crippen LogP contribution in [0.1, 0.15) is 29.8 Å². The predicted molar refractivity (Wildman–Crippen MR) is 98.5 cm³/mol. The molecule has 0 saturated heterocycles. The highest BCUT2D eigenvalue weighted by Crippen LogP contribution is 2.30. The highest BCUT2D eigenvalue weighted by atomic mass is 16.5. The van der Waals surface area contributed by atoms with Gasteiger partial charge in [-0.15, -0.1) is 0 Å². The van der Waals surface area contributed by atoms with Crippen molar-refractivity contribution in [2.45, 2.75) is 13.8 Å². The molecular weight excluding hydrogens is 330 g/mol. The minimum absolute atomic E-state index is 0.0510. The van der Waals surface area contributed by atoms with E-state index in [0.29, 0.717) is 29.5 Å². The van der Waals surface area contributed by atoms with Crippen LogP contribution in [0.5, 0.6) is 11.5 Å². The molecule has 26 heavy (non-hydrogen) atoms. The molecule has 3 rings (SSSR count). The molecule has 0 bridgehead atoms. The van der Waals surface area contributed by atoms with Crippen LogP contribution in [0.3, 0.4) is 0 Å². The van der Waals surface area contributed by atoms with E-state index in [4.69, 9.17) is 10.5 Å². The maximum absolute atomic E-state index is 11.3. The summed E-state index contributed by atoms with van der Waals surface area (Å²) in [6, 6.07) is 12.3. The van der Waals surface area contributed by atoms with Gasteiger partial charge in [0.25, 0.3) is 5.91 Å². The molecule has 0 radical (unpaired) electrons. The fourth-order valence-corrected chi connectivity index (χ4v) is 2.74. The van der Waals surface area contributed by atoms with Gasteiger partial charge in [0.1, 0.15) is 17.6 Å². The predicted octanol–water partition coefficient (Wildman–Crippen LogP) is 3.34. The third-order valence-corrected chi connectivity index (χ3v) is 4.00. The molecular formula is C20H19N3O3. The fourth-order valence-electron chi connectivity index (χ4n) is 2.74. The van der Waals surface area contributed by atoms with Crippen molar-refractivity contribution in [1.29, 1.82) is 5.26 Å². The number of ether oxygens (including phenoxy) is 1. The van der Waals surface area contributed by atoms with Crippen molar-refractivity contribution >= 4 is 16.8 Å².